The first kappa shape index (κ1) is 14.7. The van der Waals surface area contributed by atoms with Gasteiger partial charge in [0.15, 0.2) is 8.32 Å². The fraction of sp³-hybridized carbons (Fsp3) is 0.538. The molecule has 0 saturated carbocycles. The third-order valence-electron chi connectivity index (χ3n) is 3.44. The minimum absolute atomic E-state index is 0.189. The smallest absolute Gasteiger partial charge is 0.192 e. The Hall–Kier alpha value is -0.323. The lowest BCUT2D eigenvalue weighted by Gasteiger charge is -2.36. The number of phenols is 1. The Morgan fingerprint density at radius 3 is 2.41 bits per heavy atom. The Labute approximate surface area is 113 Å². The molecule has 17 heavy (non-hydrogen) atoms. The largest absolute Gasteiger partial charge is 0.508 e. The molecular weight excluding hydrogens is 296 g/mol. The molecule has 0 unspecified atom stereocenters. The molecule has 1 N–H and O–H groups in total. The molecule has 0 aromatic heterocycles. The second kappa shape index (κ2) is 5.12. The van der Waals surface area contributed by atoms with Crippen LogP contribution in [0.25, 0.3) is 0 Å². The van der Waals surface area contributed by atoms with Gasteiger partial charge >= 0.3 is 0 Å². The Kier molecular flexibility index (Phi) is 4.44. The maximum atomic E-state index is 9.75. The normalized spacial score (nSPS) is 12.8. The summed E-state index contributed by atoms with van der Waals surface area (Å²) in [5.74, 6) is 0.298. The summed E-state index contributed by atoms with van der Waals surface area (Å²) in [5.41, 5.74) is 0.837. The Morgan fingerprint density at radius 1 is 1.29 bits per heavy atom. The minimum atomic E-state index is -1.75. The molecule has 96 valence electrons. The molecule has 1 aromatic rings. The van der Waals surface area contributed by atoms with Crippen LogP contribution in [0.15, 0.2) is 22.7 Å². The molecule has 0 aliphatic carbocycles. The molecule has 0 aliphatic rings. The number of aromatic hydroxyl groups is 1. The van der Waals surface area contributed by atoms with E-state index in [0.717, 1.165) is 10.0 Å². The molecule has 0 atom stereocenters. The maximum absolute atomic E-state index is 9.75. The number of rotatable bonds is 3. The van der Waals surface area contributed by atoms with Gasteiger partial charge in [-0.15, -0.1) is 0 Å². The zero-order chi connectivity index (χ0) is 13.3. The van der Waals surface area contributed by atoms with Gasteiger partial charge in [0.2, 0.25) is 0 Å². The fourth-order valence-electron chi connectivity index (χ4n) is 1.14. The summed E-state index contributed by atoms with van der Waals surface area (Å²) in [4.78, 5) is 0. The number of hydrogen-bond acceptors (Lipinski definition) is 2. The second-order valence-electron chi connectivity index (χ2n) is 5.82. The van der Waals surface area contributed by atoms with Gasteiger partial charge in [0.25, 0.3) is 0 Å². The first-order valence-electron chi connectivity index (χ1n) is 5.75. The Bertz CT molecular complexity index is 397. The predicted molar refractivity (Wildman–Crippen MR) is 77.8 cm³/mol. The average Bonchev–Trinajstić information content (AvgIpc) is 2.18. The molecule has 0 bridgehead atoms. The van der Waals surface area contributed by atoms with Crippen molar-refractivity contribution in [2.75, 3.05) is 0 Å². The van der Waals surface area contributed by atoms with Crippen LogP contribution in [0.2, 0.25) is 18.1 Å². The summed E-state index contributed by atoms with van der Waals surface area (Å²) in [5, 5.41) is 9.94. The van der Waals surface area contributed by atoms with Crippen LogP contribution in [0.4, 0.5) is 0 Å². The van der Waals surface area contributed by atoms with Crippen molar-refractivity contribution >= 4 is 24.2 Å². The lowest BCUT2D eigenvalue weighted by molar-refractivity contribution is 0.271. The van der Waals surface area contributed by atoms with E-state index in [2.05, 4.69) is 49.8 Å². The topological polar surface area (TPSA) is 29.5 Å². The average molecular weight is 317 g/mol. The highest BCUT2D eigenvalue weighted by atomic mass is 79.9. The summed E-state index contributed by atoms with van der Waals surface area (Å²) in [6.07, 6.45) is 0. The van der Waals surface area contributed by atoms with Crippen LogP contribution in [0.3, 0.4) is 0 Å². The summed E-state index contributed by atoms with van der Waals surface area (Å²) < 4.78 is 7.04. The van der Waals surface area contributed by atoms with Crippen LogP contribution >= 0.6 is 15.9 Å². The van der Waals surface area contributed by atoms with Crippen molar-refractivity contribution in [3.05, 3.63) is 28.2 Å². The van der Waals surface area contributed by atoms with Gasteiger partial charge in [-0.2, -0.15) is 0 Å². The van der Waals surface area contributed by atoms with E-state index in [1.54, 1.807) is 6.07 Å². The van der Waals surface area contributed by atoms with Crippen molar-refractivity contribution in [3.8, 4) is 5.75 Å². The van der Waals surface area contributed by atoms with Gasteiger partial charge in [0, 0.05) is 10.0 Å². The Morgan fingerprint density at radius 2 is 1.88 bits per heavy atom. The molecule has 1 rings (SSSR count). The summed E-state index contributed by atoms with van der Waals surface area (Å²) in [6, 6.07) is 5.42. The molecule has 0 saturated heterocycles. The van der Waals surface area contributed by atoms with Gasteiger partial charge in [-0.1, -0.05) is 36.7 Å². The highest BCUT2D eigenvalue weighted by molar-refractivity contribution is 9.10. The van der Waals surface area contributed by atoms with Crippen LogP contribution in [-0.2, 0) is 11.0 Å². The fourth-order valence-corrected chi connectivity index (χ4v) is 2.50. The van der Waals surface area contributed by atoms with Crippen LogP contribution in [0.1, 0.15) is 26.3 Å². The van der Waals surface area contributed by atoms with E-state index in [0.29, 0.717) is 12.4 Å². The van der Waals surface area contributed by atoms with E-state index in [1.165, 1.54) is 0 Å². The quantitative estimate of drug-likeness (QED) is 0.821. The van der Waals surface area contributed by atoms with E-state index < -0.39 is 8.32 Å². The number of hydrogen-bond donors (Lipinski definition) is 1. The molecule has 0 amide bonds. The predicted octanol–water partition coefficient (Wildman–Crippen LogP) is 4.68. The molecule has 0 spiro atoms. The molecule has 0 aliphatic heterocycles. The van der Waals surface area contributed by atoms with E-state index in [9.17, 15) is 5.11 Å². The number of halogens is 1. The van der Waals surface area contributed by atoms with E-state index in [1.807, 2.05) is 12.1 Å². The van der Waals surface area contributed by atoms with Crippen molar-refractivity contribution in [1.82, 2.24) is 0 Å². The van der Waals surface area contributed by atoms with Gasteiger partial charge in [-0.3, -0.25) is 0 Å². The van der Waals surface area contributed by atoms with Crippen molar-refractivity contribution in [3.63, 3.8) is 0 Å². The van der Waals surface area contributed by atoms with Gasteiger partial charge in [0.05, 0.1) is 6.61 Å². The van der Waals surface area contributed by atoms with Crippen LogP contribution in [-0.4, -0.2) is 13.4 Å². The van der Waals surface area contributed by atoms with Gasteiger partial charge in [-0.05, 0) is 36.3 Å². The van der Waals surface area contributed by atoms with Gasteiger partial charge in [0.1, 0.15) is 5.75 Å². The maximum Gasteiger partial charge on any atom is 0.192 e. The van der Waals surface area contributed by atoms with E-state index >= 15 is 0 Å². The summed E-state index contributed by atoms with van der Waals surface area (Å²) in [6.45, 7) is 11.5. The molecular formula is C13H21BrO2Si. The first-order chi connectivity index (χ1) is 7.63. The lowest BCUT2D eigenvalue weighted by atomic mass is 10.2. The van der Waals surface area contributed by atoms with Gasteiger partial charge in [-0.25, -0.2) is 0 Å². The SMILES string of the molecule is CC(C)(C)[Si](C)(C)OCc1cc(Br)ccc1O. The van der Waals surface area contributed by atoms with Crippen molar-refractivity contribution in [2.45, 2.75) is 45.5 Å². The molecule has 0 heterocycles. The van der Waals surface area contributed by atoms with Crippen molar-refractivity contribution < 1.29 is 9.53 Å². The standard InChI is InChI=1S/C13H21BrO2Si/c1-13(2,3)17(4,5)16-9-10-8-11(14)6-7-12(10)15/h6-8,15H,9H2,1-5H3. The van der Waals surface area contributed by atoms with Gasteiger partial charge < -0.3 is 9.53 Å². The summed E-state index contributed by atoms with van der Waals surface area (Å²) >= 11 is 3.40. The third-order valence-corrected chi connectivity index (χ3v) is 8.41. The van der Waals surface area contributed by atoms with E-state index in [-0.39, 0.29) is 5.04 Å². The highest BCUT2D eigenvalue weighted by Gasteiger charge is 2.37. The number of benzene rings is 1. The molecule has 0 fully saturated rings. The van der Waals surface area contributed by atoms with Crippen molar-refractivity contribution in [1.29, 1.82) is 0 Å². The zero-order valence-electron chi connectivity index (χ0n) is 11.2. The zero-order valence-corrected chi connectivity index (χ0v) is 13.8. The monoisotopic (exact) mass is 316 g/mol. The third kappa shape index (κ3) is 3.83. The lowest BCUT2D eigenvalue weighted by Crippen LogP contribution is -2.40. The van der Waals surface area contributed by atoms with Crippen molar-refractivity contribution in [2.24, 2.45) is 0 Å². The molecule has 1 aromatic carbocycles. The summed E-state index contributed by atoms with van der Waals surface area (Å²) in [7, 11) is -1.75. The highest BCUT2D eigenvalue weighted by Crippen LogP contribution is 2.37. The second-order valence-corrected chi connectivity index (χ2v) is 11.5. The van der Waals surface area contributed by atoms with Crippen LogP contribution in [0.5, 0.6) is 5.75 Å². The van der Waals surface area contributed by atoms with E-state index in [4.69, 9.17) is 4.43 Å². The van der Waals surface area contributed by atoms with Crippen LogP contribution < -0.4 is 0 Å². The Balaban J connectivity index is 2.77. The molecule has 4 heteroatoms. The number of phenolic OH excluding ortho intramolecular Hbond substituents is 1. The first-order valence-corrected chi connectivity index (χ1v) is 9.45. The molecule has 2 nitrogen and oxygen atoms in total. The van der Waals surface area contributed by atoms with Crippen LogP contribution in [0, 0.1) is 0 Å². The molecule has 0 radical (unpaired) electrons. The minimum Gasteiger partial charge on any atom is -0.508 e.